The summed E-state index contributed by atoms with van der Waals surface area (Å²) in [5.41, 5.74) is 7.18. The van der Waals surface area contributed by atoms with E-state index in [1.807, 2.05) is 17.5 Å². The van der Waals surface area contributed by atoms with Gasteiger partial charge in [0.05, 0.1) is 23.2 Å². The summed E-state index contributed by atoms with van der Waals surface area (Å²) in [6, 6.07) is 9.85. The number of thiophene rings is 1. The number of hydrogen-bond donors (Lipinski definition) is 1. The van der Waals surface area contributed by atoms with Gasteiger partial charge in [0.2, 0.25) is 0 Å². The molecule has 1 aromatic carbocycles. The minimum atomic E-state index is -0.298. The van der Waals surface area contributed by atoms with Crippen molar-refractivity contribution >= 4 is 23.0 Å². The summed E-state index contributed by atoms with van der Waals surface area (Å²) in [5, 5.41) is 7.81. The van der Waals surface area contributed by atoms with Gasteiger partial charge in [0.15, 0.2) is 0 Å². The Morgan fingerprint density at radius 2 is 2.14 bits per heavy atom. The molecule has 1 amide bonds. The fourth-order valence-corrected chi connectivity index (χ4v) is 3.09. The van der Waals surface area contributed by atoms with Crippen LogP contribution in [0, 0.1) is 5.82 Å². The van der Waals surface area contributed by atoms with Crippen molar-refractivity contribution in [2.75, 3.05) is 6.54 Å². The zero-order valence-corrected chi connectivity index (χ0v) is 12.0. The topological polar surface area (TPSA) is 58.7 Å². The van der Waals surface area contributed by atoms with Crippen LogP contribution in [0.1, 0.15) is 22.9 Å². The smallest absolute Gasteiger partial charge is 0.256 e. The zero-order chi connectivity index (χ0) is 14.8. The number of carbonyl (C=O) groups is 1. The van der Waals surface area contributed by atoms with Crippen LogP contribution in [0.3, 0.4) is 0 Å². The van der Waals surface area contributed by atoms with Crippen molar-refractivity contribution in [1.29, 1.82) is 0 Å². The van der Waals surface area contributed by atoms with Crippen molar-refractivity contribution in [3.05, 3.63) is 58.0 Å². The SMILES string of the molecule is NCC(=O)N1N=C(c2cccs2)CC1c1ccc(F)cc1. The molecular weight excluding hydrogens is 289 g/mol. The molecule has 1 aliphatic rings. The zero-order valence-electron chi connectivity index (χ0n) is 11.2. The van der Waals surface area contributed by atoms with Crippen LogP contribution in [0.2, 0.25) is 0 Å². The van der Waals surface area contributed by atoms with Gasteiger partial charge < -0.3 is 5.73 Å². The Bertz CT molecular complexity index is 667. The van der Waals surface area contributed by atoms with Crippen molar-refractivity contribution in [2.24, 2.45) is 10.8 Å². The summed E-state index contributed by atoms with van der Waals surface area (Å²) in [4.78, 5) is 13.0. The normalized spacial score (nSPS) is 17.9. The Morgan fingerprint density at radius 3 is 2.76 bits per heavy atom. The first-order valence-corrected chi connectivity index (χ1v) is 7.46. The van der Waals surface area contributed by atoms with Gasteiger partial charge in [-0.25, -0.2) is 9.40 Å². The lowest BCUT2D eigenvalue weighted by Crippen LogP contribution is -2.32. The van der Waals surface area contributed by atoms with E-state index in [9.17, 15) is 9.18 Å². The lowest BCUT2D eigenvalue weighted by atomic mass is 10.0. The summed E-state index contributed by atoms with van der Waals surface area (Å²) in [7, 11) is 0. The van der Waals surface area contributed by atoms with Crippen LogP contribution in [0.5, 0.6) is 0 Å². The van der Waals surface area contributed by atoms with Crippen molar-refractivity contribution in [3.63, 3.8) is 0 Å². The van der Waals surface area contributed by atoms with E-state index in [0.717, 1.165) is 16.2 Å². The molecule has 108 valence electrons. The predicted octanol–water partition coefficient (Wildman–Crippen LogP) is 2.52. The van der Waals surface area contributed by atoms with Crippen molar-refractivity contribution in [2.45, 2.75) is 12.5 Å². The second kappa shape index (κ2) is 5.75. The highest BCUT2D eigenvalue weighted by molar-refractivity contribution is 7.12. The number of rotatable bonds is 3. The standard InChI is InChI=1S/C15H14FN3OS/c16-11-5-3-10(4-6-11)13-8-12(14-2-1-7-21-14)18-19(13)15(20)9-17/h1-7,13H,8-9,17H2. The fourth-order valence-electron chi connectivity index (χ4n) is 2.37. The molecule has 1 aliphatic heterocycles. The number of benzene rings is 1. The Hall–Kier alpha value is -2.05. The molecule has 0 bridgehead atoms. The average molecular weight is 303 g/mol. The minimum Gasteiger partial charge on any atom is -0.322 e. The van der Waals surface area contributed by atoms with Crippen LogP contribution < -0.4 is 5.73 Å². The number of nitrogens with zero attached hydrogens (tertiary/aromatic N) is 2. The third kappa shape index (κ3) is 2.72. The van der Waals surface area contributed by atoms with E-state index >= 15 is 0 Å². The maximum absolute atomic E-state index is 13.1. The number of nitrogens with two attached hydrogens (primary N) is 1. The van der Waals surface area contributed by atoms with Crippen LogP contribution in [0.4, 0.5) is 4.39 Å². The third-order valence-electron chi connectivity index (χ3n) is 3.40. The molecule has 0 aliphatic carbocycles. The van der Waals surface area contributed by atoms with E-state index in [4.69, 9.17) is 5.73 Å². The van der Waals surface area contributed by atoms with E-state index in [-0.39, 0.29) is 24.3 Å². The van der Waals surface area contributed by atoms with E-state index in [1.165, 1.54) is 17.1 Å². The first-order valence-electron chi connectivity index (χ1n) is 6.58. The van der Waals surface area contributed by atoms with E-state index in [1.54, 1.807) is 23.5 Å². The lowest BCUT2D eigenvalue weighted by Gasteiger charge is -2.21. The second-order valence-corrected chi connectivity index (χ2v) is 5.69. The molecule has 0 saturated carbocycles. The van der Waals surface area contributed by atoms with Gasteiger partial charge in [-0.05, 0) is 29.1 Å². The first-order chi connectivity index (χ1) is 10.2. The highest BCUT2D eigenvalue weighted by atomic mass is 32.1. The maximum atomic E-state index is 13.1. The van der Waals surface area contributed by atoms with Gasteiger partial charge in [-0.1, -0.05) is 18.2 Å². The van der Waals surface area contributed by atoms with Gasteiger partial charge in [-0.3, -0.25) is 4.79 Å². The fraction of sp³-hybridized carbons (Fsp3) is 0.200. The Balaban J connectivity index is 1.93. The monoisotopic (exact) mass is 303 g/mol. The van der Waals surface area contributed by atoms with E-state index in [2.05, 4.69) is 5.10 Å². The summed E-state index contributed by atoms with van der Waals surface area (Å²) in [6.07, 6.45) is 0.609. The largest absolute Gasteiger partial charge is 0.322 e. The van der Waals surface area contributed by atoms with E-state index < -0.39 is 0 Å². The summed E-state index contributed by atoms with van der Waals surface area (Å²) in [6.45, 7) is -0.0983. The molecule has 21 heavy (non-hydrogen) atoms. The van der Waals surface area contributed by atoms with Gasteiger partial charge >= 0.3 is 0 Å². The molecule has 0 fully saturated rings. The van der Waals surface area contributed by atoms with Crippen LogP contribution in [-0.4, -0.2) is 23.2 Å². The van der Waals surface area contributed by atoms with E-state index in [0.29, 0.717) is 6.42 Å². The molecule has 0 radical (unpaired) electrons. The molecule has 1 unspecified atom stereocenters. The van der Waals surface area contributed by atoms with Crippen LogP contribution >= 0.6 is 11.3 Å². The molecule has 6 heteroatoms. The van der Waals surface area contributed by atoms with Crippen LogP contribution in [0.15, 0.2) is 46.9 Å². The van der Waals surface area contributed by atoms with Crippen molar-refractivity contribution < 1.29 is 9.18 Å². The van der Waals surface area contributed by atoms with Gasteiger partial charge in [-0.2, -0.15) is 5.10 Å². The highest BCUT2D eigenvalue weighted by Gasteiger charge is 2.32. The minimum absolute atomic E-state index is 0.0983. The van der Waals surface area contributed by atoms with Gasteiger partial charge in [0.25, 0.3) is 5.91 Å². The van der Waals surface area contributed by atoms with Crippen LogP contribution in [-0.2, 0) is 4.79 Å². The second-order valence-electron chi connectivity index (χ2n) is 4.74. The average Bonchev–Trinajstić information content (AvgIpc) is 3.16. The maximum Gasteiger partial charge on any atom is 0.256 e. The van der Waals surface area contributed by atoms with Gasteiger partial charge in [0, 0.05) is 6.42 Å². The molecule has 1 aromatic heterocycles. The quantitative estimate of drug-likeness (QED) is 0.947. The molecule has 0 saturated heterocycles. The molecule has 3 rings (SSSR count). The van der Waals surface area contributed by atoms with Gasteiger partial charge in [-0.15, -0.1) is 11.3 Å². The highest BCUT2D eigenvalue weighted by Crippen LogP contribution is 2.33. The number of hydrazone groups is 1. The molecule has 2 aromatic rings. The molecule has 2 N–H and O–H groups in total. The van der Waals surface area contributed by atoms with Crippen LogP contribution in [0.25, 0.3) is 0 Å². The number of halogens is 1. The molecule has 1 atom stereocenters. The number of carbonyl (C=O) groups excluding carboxylic acids is 1. The summed E-state index contributed by atoms with van der Waals surface area (Å²) >= 11 is 1.58. The molecular formula is C15H14FN3OS. The summed E-state index contributed by atoms with van der Waals surface area (Å²) in [5.74, 6) is -0.538. The molecule has 0 spiro atoms. The first kappa shape index (κ1) is 13.9. The molecule has 4 nitrogen and oxygen atoms in total. The van der Waals surface area contributed by atoms with Crippen molar-refractivity contribution in [1.82, 2.24) is 5.01 Å². The predicted molar refractivity (Wildman–Crippen MR) is 80.5 cm³/mol. The van der Waals surface area contributed by atoms with Crippen molar-refractivity contribution in [3.8, 4) is 0 Å². The lowest BCUT2D eigenvalue weighted by molar-refractivity contribution is -0.131. The Kier molecular flexibility index (Phi) is 3.81. The third-order valence-corrected chi connectivity index (χ3v) is 4.32. The molecule has 2 heterocycles. The Morgan fingerprint density at radius 1 is 1.38 bits per heavy atom. The Labute approximate surface area is 125 Å². The number of hydrogen-bond acceptors (Lipinski definition) is 4. The number of amides is 1. The summed E-state index contributed by atoms with van der Waals surface area (Å²) < 4.78 is 13.1. The van der Waals surface area contributed by atoms with Gasteiger partial charge in [0.1, 0.15) is 5.82 Å².